The zero-order valence-corrected chi connectivity index (χ0v) is 10.1. The quantitative estimate of drug-likeness (QED) is 0.448. The molecule has 1 unspecified atom stereocenters. The van der Waals surface area contributed by atoms with Crippen LogP contribution in [0.3, 0.4) is 0 Å². The summed E-state index contributed by atoms with van der Waals surface area (Å²) in [5.74, 6) is -2.13. The molecule has 0 saturated carbocycles. The van der Waals surface area contributed by atoms with Crippen molar-refractivity contribution in [2.24, 2.45) is 5.92 Å². The van der Waals surface area contributed by atoms with E-state index in [0.29, 0.717) is 0 Å². The molecule has 1 aliphatic carbocycles. The van der Waals surface area contributed by atoms with Crippen molar-refractivity contribution in [3.05, 3.63) is 11.6 Å². The lowest BCUT2D eigenvalue weighted by Gasteiger charge is -2.19. The SMILES string of the molecule is COC(=O)C(CC1=CC(O)CCC1)C(=O)OC. The molecule has 0 fully saturated rings. The van der Waals surface area contributed by atoms with Crippen LogP contribution in [0.5, 0.6) is 0 Å². The Hall–Kier alpha value is -1.36. The summed E-state index contributed by atoms with van der Waals surface area (Å²) in [7, 11) is 2.48. The number of aliphatic hydroxyl groups is 1. The number of hydrogen-bond donors (Lipinski definition) is 1. The van der Waals surface area contributed by atoms with Crippen molar-refractivity contribution in [2.45, 2.75) is 31.8 Å². The van der Waals surface area contributed by atoms with Gasteiger partial charge in [0.25, 0.3) is 0 Å². The number of allylic oxidation sites excluding steroid dienone is 1. The molecule has 0 aromatic rings. The van der Waals surface area contributed by atoms with Gasteiger partial charge in [0.2, 0.25) is 0 Å². The molecule has 0 aromatic heterocycles. The van der Waals surface area contributed by atoms with Gasteiger partial charge in [-0.1, -0.05) is 11.6 Å². The molecule has 0 saturated heterocycles. The summed E-state index contributed by atoms with van der Waals surface area (Å²) in [5, 5.41) is 9.48. The van der Waals surface area contributed by atoms with Gasteiger partial charge in [-0.25, -0.2) is 0 Å². The Labute approximate surface area is 100 Å². The van der Waals surface area contributed by atoms with E-state index in [-0.39, 0.29) is 6.42 Å². The highest BCUT2D eigenvalue weighted by atomic mass is 16.5. The number of hydrogen-bond acceptors (Lipinski definition) is 5. The topological polar surface area (TPSA) is 72.8 Å². The minimum absolute atomic E-state index is 0.260. The fourth-order valence-electron chi connectivity index (χ4n) is 1.96. The Morgan fingerprint density at radius 3 is 2.47 bits per heavy atom. The first kappa shape index (κ1) is 13.7. The van der Waals surface area contributed by atoms with Crippen LogP contribution in [0.2, 0.25) is 0 Å². The van der Waals surface area contributed by atoms with E-state index in [1.165, 1.54) is 14.2 Å². The number of rotatable bonds is 4. The van der Waals surface area contributed by atoms with Crippen molar-refractivity contribution in [2.75, 3.05) is 14.2 Å². The van der Waals surface area contributed by atoms with Crippen molar-refractivity contribution in [3.8, 4) is 0 Å². The maximum Gasteiger partial charge on any atom is 0.320 e. The van der Waals surface area contributed by atoms with E-state index in [9.17, 15) is 14.7 Å². The molecule has 0 spiro atoms. The van der Waals surface area contributed by atoms with Crippen LogP contribution in [0.25, 0.3) is 0 Å². The highest BCUT2D eigenvalue weighted by Crippen LogP contribution is 2.25. The third-order valence-electron chi connectivity index (χ3n) is 2.86. The maximum atomic E-state index is 11.5. The number of methoxy groups -OCH3 is 2. The summed E-state index contributed by atoms with van der Waals surface area (Å²) in [6.07, 6.45) is 3.88. The minimum Gasteiger partial charge on any atom is -0.468 e. The molecular formula is C12H18O5. The lowest BCUT2D eigenvalue weighted by Crippen LogP contribution is -2.27. The Morgan fingerprint density at radius 1 is 1.41 bits per heavy atom. The second-order valence-electron chi connectivity index (χ2n) is 4.09. The average Bonchev–Trinajstić information content (AvgIpc) is 2.34. The molecule has 0 bridgehead atoms. The lowest BCUT2D eigenvalue weighted by atomic mass is 9.90. The Balaban J connectivity index is 2.72. The number of esters is 2. The van der Waals surface area contributed by atoms with Gasteiger partial charge < -0.3 is 14.6 Å². The molecule has 0 aliphatic heterocycles. The zero-order valence-electron chi connectivity index (χ0n) is 10.1. The van der Waals surface area contributed by atoms with Crippen LogP contribution in [0.1, 0.15) is 25.7 Å². The van der Waals surface area contributed by atoms with Crippen LogP contribution in [0.15, 0.2) is 11.6 Å². The molecule has 1 aliphatic rings. The van der Waals surface area contributed by atoms with E-state index in [0.717, 1.165) is 24.8 Å². The smallest absolute Gasteiger partial charge is 0.320 e. The first-order chi connectivity index (χ1) is 8.08. The molecule has 0 aromatic carbocycles. The Kier molecular flexibility index (Phi) is 5.15. The van der Waals surface area contributed by atoms with Crippen molar-refractivity contribution < 1.29 is 24.2 Å². The minimum atomic E-state index is -0.929. The molecule has 0 radical (unpaired) electrons. The molecule has 1 rings (SSSR count). The van der Waals surface area contributed by atoms with Crippen molar-refractivity contribution in [1.29, 1.82) is 0 Å². The largest absolute Gasteiger partial charge is 0.468 e. The van der Waals surface area contributed by atoms with Crippen LogP contribution in [0, 0.1) is 5.92 Å². The third-order valence-corrected chi connectivity index (χ3v) is 2.86. The van der Waals surface area contributed by atoms with Gasteiger partial charge in [-0.15, -0.1) is 0 Å². The van der Waals surface area contributed by atoms with E-state index < -0.39 is 24.0 Å². The van der Waals surface area contributed by atoms with E-state index >= 15 is 0 Å². The molecule has 0 amide bonds. The third kappa shape index (κ3) is 3.85. The Bertz CT molecular complexity index is 305. The first-order valence-corrected chi connectivity index (χ1v) is 5.61. The predicted octanol–water partition coefficient (Wildman–Crippen LogP) is 0.810. The van der Waals surface area contributed by atoms with Gasteiger partial charge in [0, 0.05) is 0 Å². The first-order valence-electron chi connectivity index (χ1n) is 5.61. The molecular weight excluding hydrogens is 224 g/mol. The number of carbonyl (C=O) groups excluding carboxylic acids is 2. The van der Waals surface area contributed by atoms with Crippen LogP contribution >= 0.6 is 0 Å². The van der Waals surface area contributed by atoms with Gasteiger partial charge in [0.15, 0.2) is 5.92 Å². The highest BCUT2D eigenvalue weighted by Gasteiger charge is 2.30. The molecule has 0 heterocycles. The van der Waals surface area contributed by atoms with Gasteiger partial charge in [-0.3, -0.25) is 9.59 Å². The van der Waals surface area contributed by atoms with E-state index in [2.05, 4.69) is 9.47 Å². The summed E-state index contributed by atoms with van der Waals surface area (Å²) in [5.41, 5.74) is 0.907. The fraction of sp³-hybridized carbons (Fsp3) is 0.667. The number of carbonyl (C=O) groups is 2. The average molecular weight is 242 g/mol. The van der Waals surface area contributed by atoms with Gasteiger partial charge in [0.05, 0.1) is 20.3 Å². The summed E-state index contributed by atoms with van der Waals surface area (Å²) in [4.78, 5) is 22.9. The van der Waals surface area contributed by atoms with Crippen LogP contribution in [-0.2, 0) is 19.1 Å². The van der Waals surface area contributed by atoms with Gasteiger partial charge in [-0.05, 0) is 25.7 Å². The van der Waals surface area contributed by atoms with E-state index in [1.807, 2.05) is 0 Å². The molecule has 1 atom stereocenters. The monoisotopic (exact) mass is 242 g/mol. The predicted molar refractivity (Wildman–Crippen MR) is 60.1 cm³/mol. The van der Waals surface area contributed by atoms with Crippen molar-refractivity contribution in [1.82, 2.24) is 0 Å². The molecule has 96 valence electrons. The van der Waals surface area contributed by atoms with Crippen molar-refractivity contribution in [3.63, 3.8) is 0 Å². The summed E-state index contributed by atoms with van der Waals surface area (Å²) in [6, 6.07) is 0. The summed E-state index contributed by atoms with van der Waals surface area (Å²) >= 11 is 0. The van der Waals surface area contributed by atoms with E-state index in [4.69, 9.17) is 0 Å². The van der Waals surface area contributed by atoms with Gasteiger partial charge in [-0.2, -0.15) is 0 Å². The van der Waals surface area contributed by atoms with E-state index in [1.54, 1.807) is 6.08 Å². The Morgan fingerprint density at radius 2 is 2.00 bits per heavy atom. The maximum absolute atomic E-state index is 11.5. The number of ether oxygens (including phenoxy) is 2. The van der Waals surface area contributed by atoms with Gasteiger partial charge >= 0.3 is 11.9 Å². The van der Waals surface area contributed by atoms with Gasteiger partial charge in [0.1, 0.15) is 0 Å². The van der Waals surface area contributed by atoms with Crippen LogP contribution in [0.4, 0.5) is 0 Å². The van der Waals surface area contributed by atoms with Crippen LogP contribution < -0.4 is 0 Å². The summed E-state index contributed by atoms with van der Waals surface area (Å²) in [6.45, 7) is 0. The highest BCUT2D eigenvalue weighted by molar-refractivity contribution is 5.95. The molecule has 5 heteroatoms. The molecule has 17 heavy (non-hydrogen) atoms. The normalized spacial score (nSPS) is 19.8. The van der Waals surface area contributed by atoms with Crippen LogP contribution in [-0.4, -0.2) is 37.4 Å². The standard InChI is InChI=1S/C12H18O5/c1-16-11(14)10(12(15)17-2)7-8-4-3-5-9(13)6-8/h6,9-10,13H,3-5,7H2,1-2H3. The zero-order chi connectivity index (χ0) is 12.8. The molecule has 5 nitrogen and oxygen atoms in total. The fourth-order valence-corrected chi connectivity index (χ4v) is 1.96. The lowest BCUT2D eigenvalue weighted by molar-refractivity contribution is -0.158. The molecule has 1 N–H and O–H groups in total. The number of aliphatic hydroxyl groups excluding tert-OH is 1. The second-order valence-corrected chi connectivity index (χ2v) is 4.09. The summed E-state index contributed by atoms with van der Waals surface area (Å²) < 4.78 is 9.15. The van der Waals surface area contributed by atoms with Crippen molar-refractivity contribution >= 4 is 11.9 Å². The second kappa shape index (κ2) is 6.39.